The van der Waals surface area contributed by atoms with Gasteiger partial charge in [0.1, 0.15) is 5.60 Å². The van der Waals surface area contributed by atoms with E-state index in [1.807, 2.05) is 59.7 Å². The van der Waals surface area contributed by atoms with Crippen molar-refractivity contribution in [3.8, 4) is 0 Å². The number of fused-ring (bicyclic) bond motifs is 1. The van der Waals surface area contributed by atoms with Crippen LogP contribution < -0.4 is 5.32 Å². The minimum Gasteiger partial charge on any atom is -0.360 e. The van der Waals surface area contributed by atoms with E-state index in [0.29, 0.717) is 13.1 Å². The number of carbonyl (C=O) groups excluding carboxylic acids is 2. The number of hydrogen-bond donors (Lipinski definition) is 1. The number of benzene rings is 1. The zero-order valence-corrected chi connectivity index (χ0v) is 17.8. The average Bonchev–Trinajstić information content (AvgIpc) is 3.51. The normalized spacial score (nSPS) is 30.0. The van der Waals surface area contributed by atoms with Crippen LogP contribution in [0.15, 0.2) is 60.0 Å². The van der Waals surface area contributed by atoms with Crippen molar-refractivity contribution in [3.63, 3.8) is 0 Å². The summed E-state index contributed by atoms with van der Waals surface area (Å²) in [5.41, 5.74) is 0.618. The van der Waals surface area contributed by atoms with Gasteiger partial charge >= 0.3 is 0 Å². The van der Waals surface area contributed by atoms with Crippen LogP contribution in [-0.4, -0.2) is 41.0 Å². The van der Waals surface area contributed by atoms with E-state index in [1.165, 1.54) is 5.56 Å². The quantitative estimate of drug-likeness (QED) is 0.698. The molecule has 1 aromatic carbocycles. The second-order valence-corrected chi connectivity index (χ2v) is 9.64. The first-order valence-electron chi connectivity index (χ1n) is 10.6. The molecule has 1 aromatic heterocycles. The van der Waals surface area contributed by atoms with Crippen molar-refractivity contribution in [2.75, 3.05) is 6.54 Å². The summed E-state index contributed by atoms with van der Waals surface area (Å²) in [4.78, 5) is 29.4. The fourth-order valence-electron chi connectivity index (χ4n) is 5.04. The fourth-order valence-corrected chi connectivity index (χ4v) is 5.76. The molecule has 0 unspecified atom stereocenters. The number of nitrogens with one attached hydrogen (secondary N) is 1. The van der Waals surface area contributed by atoms with E-state index in [9.17, 15) is 9.59 Å². The van der Waals surface area contributed by atoms with E-state index in [1.54, 1.807) is 11.3 Å². The zero-order valence-electron chi connectivity index (χ0n) is 17.0. The maximum atomic E-state index is 13.2. The van der Waals surface area contributed by atoms with Crippen LogP contribution in [0.25, 0.3) is 0 Å². The first-order chi connectivity index (χ1) is 14.6. The van der Waals surface area contributed by atoms with Crippen molar-refractivity contribution in [1.82, 2.24) is 10.2 Å². The number of hydrogen-bond acceptors (Lipinski definition) is 4. The van der Waals surface area contributed by atoms with Crippen LogP contribution in [0, 0.1) is 11.8 Å². The highest BCUT2D eigenvalue weighted by molar-refractivity contribution is 7.09. The van der Waals surface area contributed by atoms with E-state index in [2.05, 4.69) is 17.4 Å². The molecule has 3 aliphatic heterocycles. The molecule has 2 saturated heterocycles. The molecule has 30 heavy (non-hydrogen) atoms. The Kier molecular flexibility index (Phi) is 4.99. The Morgan fingerprint density at radius 3 is 2.90 bits per heavy atom. The Balaban J connectivity index is 1.25. The summed E-state index contributed by atoms with van der Waals surface area (Å²) in [6.07, 6.45) is 5.45. The predicted molar refractivity (Wildman–Crippen MR) is 116 cm³/mol. The summed E-state index contributed by atoms with van der Waals surface area (Å²) in [5.74, 6) is -0.903. The van der Waals surface area contributed by atoms with Crippen molar-refractivity contribution in [2.45, 2.75) is 44.1 Å². The second-order valence-electron chi connectivity index (χ2n) is 8.61. The van der Waals surface area contributed by atoms with Crippen molar-refractivity contribution in [1.29, 1.82) is 0 Å². The molecule has 156 valence electrons. The van der Waals surface area contributed by atoms with Gasteiger partial charge in [0.2, 0.25) is 11.8 Å². The summed E-state index contributed by atoms with van der Waals surface area (Å²) < 4.78 is 6.22. The van der Waals surface area contributed by atoms with E-state index in [-0.39, 0.29) is 24.0 Å². The number of nitrogens with zero attached hydrogens (tertiary/aromatic N) is 1. The molecule has 5 atom stereocenters. The number of ether oxygens (including phenoxy) is 1. The van der Waals surface area contributed by atoms with Crippen molar-refractivity contribution in [2.24, 2.45) is 11.8 Å². The Morgan fingerprint density at radius 1 is 1.30 bits per heavy atom. The number of rotatable bonds is 7. The molecule has 2 amide bonds. The van der Waals surface area contributed by atoms with Crippen LogP contribution in [0.5, 0.6) is 0 Å². The maximum absolute atomic E-state index is 13.2. The molecule has 1 N–H and O–H groups in total. The van der Waals surface area contributed by atoms with Crippen LogP contribution in [0.3, 0.4) is 0 Å². The number of thiophene rings is 1. The third-order valence-electron chi connectivity index (χ3n) is 6.51. The third kappa shape index (κ3) is 3.38. The third-order valence-corrected chi connectivity index (χ3v) is 7.37. The van der Waals surface area contributed by atoms with E-state index >= 15 is 0 Å². The number of carbonyl (C=O) groups is 2. The first-order valence-corrected chi connectivity index (χ1v) is 11.5. The monoisotopic (exact) mass is 422 g/mol. The summed E-state index contributed by atoms with van der Waals surface area (Å²) in [6.45, 7) is 3.13. The van der Waals surface area contributed by atoms with Crippen LogP contribution in [0.1, 0.15) is 23.8 Å². The minimum atomic E-state index is -0.645. The highest BCUT2D eigenvalue weighted by Gasteiger charge is 2.66. The molecule has 6 heteroatoms. The van der Waals surface area contributed by atoms with Gasteiger partial charge in [-0.15, -0.1) is 11.3 Å². The van der Waals surface area contributed by atoms with Gasteiger partial charge in [-0.1, -0.05) is 48.6 Å². The molecule has 1 spiro atoms. The molecule has 4 heterocycles. The highest BCUT2D eigenvalue weighted by atomic mass is 32.1. The Morgan fingerprint density at radius 2 is 2.13 bits per heavy atom. The van der Waals surface area contributed by atoms with Crippen molar-refractivity contribution in [3.05, 3.63) is 70.4 Å². The van der Waals surface area contributed by atoms with E-state index in [0.717, 1.165) is 17.7 Å². The van der Waals surface area contributed by atoms with E-state index in [4.69, 9.17) is 4.74 Å². The zero-order chi connectivity index (χ0) is 20.7. The Labute approximate surface area is 180 Å². The number of likely N-dealkylation sites (tertiary alicyclic amines) is 1. The van der Waals surface area contributed by atoms with Gasteiger partial charge < -0.3 is 15.0 Å². The minimum absolute atomic E-state index is 0.0346. The summed E-state index contributed by atoms with van der Waals surface area (Å²) in [6, 6.07) is 14.3. The summed E-state index contributed by atoms with van der Waals surface area (Å²) in [7, 11) is 0. The molecular formula is C24H26N2O3S. The molecule has 5 nitrogen and oxygen atoms in total. The molecule has 0 saturated carbocycles. The lowest BCUT2D eigenvalue weighted by Gasteiger charge is -2.25. The lowest BCUT2D eigenvalue weighted by molar-refractivity contribution is -0.138. The molecule has 2 aromatic rings. The summed E-state index contributed by atoms with van der Waals surface area (Å²) in [5, 5.41) is 5.16. The van der Waals surface area contributed by atoms with Gasteiger partial charge in [-0.2, -0.15) is 0 Å². The van der Waals surface area contributed by atoms with Gasteiger partial charge in [0.05, 0.1) is 31.0 Å². The molecule has 2 fully saturated rings. The number of aryl methyl sites for hydroxylation is 1. The fraction of sp³-hybridized carbons (Fsp3) is 0.417. The van der Waals surface area contributed by atoms with Gasteiger partial charge in [0, 0.05) is 10.9 Å². The average molecular weight is 423 g/mol. The molecule has 2 bridgehead atoms. The van der Waals surface area contributed by atoms with Gasteiger partial charge in [-0.05, 0) is 36.8 Å². The van der Waals surface area contributed by atoms with Gasteiger partial charge in [0.15, 0.2) is 0 Å². The summed E-state index contributed by atoms with van der Waals surface area (Å²) >= 11 is 1.64. The Hall–Kier alpha value is -2.44. The lowest BCUT2D eigenvalue weighted by Crippen LogP contribution is -2.46. The Bertz CT molecular complexity index is 958. The second kappa shape index (κ2) is 7.67. The molecule has 0 aliphatic carbocycles. The van der Waals surface area contributed by atoms with Gasteiger partial charge in [-0.3, -0.25) is 9.59 Å². The smallest absolute Gasteiger partial charge is 0.230 e. The molecule has 5 rings (SSSR count). The lowest BCUT2D eigenvalue weighted by atomic mass is 9.76. The van der Waals surface area contributed by atoms with Crippen molar-refractivity contribution < 1.29 is 14.3 Å². The van der Waals surface area contributed by atoms with Crippen LogP contribution in [0.4, 0.5) is 0 Å². The molecule has 0 radical (unpaired) electrons. The van der Waals surface area contributed by atoms with Crippen LogP contribution in [-0.2, 0) is 27.3 Å². The number of amides is 2. The molecular weight excluding hydrogens is 396 g/mol. The molecule has 3 aliphatic rings. The largest absolute Gasteiger partial charge is 0.360 e. The van der Waals surface area contributed by atoms with Gasteiger partial charge in [-0.25, -0.2) is 0 Å². The highest BCUT2D eigenvalue weighted by Crippen LogP contribution is 2.52. The van der Waals surface area contributed by atoms with Crippen molar-refractivity contribution >= 4 is 23.2 Å². The standard InChI is InChI=1S/C24H26N2O3S/c1-16(9-10-17-6-3-2-4-7-17)25-22(27)20-19-11-12-24(29-19)15-26(23(28)21(20)24)14-18-8-5-13-30-18/h2-8,11-13,16,19-21H,9-10,14-15H2,1H3,(H,25,27)/t16-,19+,20+,21+,24-/m0/s1. The SMILES string of the molecule is C[C@@H](CCc1ccccc1)NC(=O)[C@@H]1[C@H]2C=C[C@@]3(CN(Cc4cccs4)C(=O)[C@@H]13)O2. The topological polar surface area (TPSA) is 58.6 Å². The first kappa shape index (κ1) is 19.5. The van der Waals surface area contributed by atoms with Crippen LogP contribution >= 0.6 is 11.3 Å². The predicted octanol–water partition coefficient (Wildman–Crippen LogP) is 3.17. The van der Waals surface area contributed by atoms with E-state index < -0.39 is 17.4 Å². The maximum Gasteiger partial charge on any atom is 0.230 e. The van der Waals surface area contributed by atoms with Crippen LogP contribution in [0.2, 0.25) is 0 Å². The van der Waals surface area contributed by atoms with Gasteiger partial charge in [0.25, 0.3) is 0 Å².